The van der Waals surface area contributed by atoms with Crippen molar-refractivity contribution in [2.24, 2.45) is 0 Å². The number of nitrogens with zero attached hydrogens (tertiary/aromatic N) is 4. The number of pyridine rings is 1. The van der Waals surface area contributed by atoms with E-state index in [1.54, 1.807) is 21.0 Å². The summed E-state index contributed by atoms with van der Waals surface area (Å²) in [6.45, 7) is 3.51. The van der Waals surface area contributed by atoms with Crippen LogP contribution in [0.5, 0.6) is 0 Å². The molecule has 0 saturated carbocycles. The number of hydrogen-bond acceptors (Lipinski definition) is 6. The third-order valence-corrected chi connectivity index (χ3v) is 5.71. The topological polar surface area (TPSA) is 106 Å². The molecule has 150 valence electrons. The maximum absolute atomic E-state index is 12.8. The van der Waals surface area contributed by atoms with Gasteiger partial charge in [-0.2, -0.15) is 18.3 Å². The van der Waals surface area contributed by atoms with E-state index in [0.717, 1.165) is 16.9 Å². The van der Waals surface area contributed by atoms with Crippen molar-refractivity contribution < 1.29 is 21.6 Å². The Labute approximate surface area is 155 Å². The summed E-state index contributed by atoms with van der Waals surface area (Å²) in [5.41, 5.74) is 4.67. The van der Waals surface area contributed by atoms with Crippen LogP contribution in [-0.2, 0) is 16.2 Å². The summed E-state index contributed by atoms with van der Waals surface area (Å²) in [4.78, 5) is 5.34. The van der Waals surface area contributed by atoms with E-state index in [-0.39, 0.29) is 22.4 Å². The van der Waals surface area contributed by atoms with E-state index in [1.807, 2.05) is 11.8 Å². The van der Waals surface area contributed by atoms with E-state index in [9.17, 15) is 21.6 Å². The molecule has 2 aromatic rings. The summed E-state index contributed by atoms with van der Waals surface area (Å²) in [6.07, 6.45) is -2.20. The molecule has 0 aliphatic heterocycles. The lowest BCUT2D eigenvalue weighted by molar-refractivity contribution is -0.137. The molecule has 2 atom stereocenters. The lowest BCUT2D eigenvalue weighted by atomic mass is 10.2. The van der Waals surface area contributed by atoms with Crippen LogP contribution in [-0.4, -0.2) is 54.3 Å². The smallest absolute Gasteiger partial charge is 0.397 e. The van der Waals surface area contributed by atoms with Gasteiger partial charge in [-0.15, -0.1) is 0 Å². The zero-order valence-corrected chi connectivity index (χ0v) is 16.0. The van der Waals surface area contributed by atoms with E-state index in [0.29, 0.717) is 12.4 Å². The summed E-state index contributed by atoms with van der Waals surface area (Å²) in [7, 11) is -0.533. The minimum absolute atomic E-state index is 0.0515. The van der Waals surface area contributed by atoms with Crippen LogP contribution in [0.1, 0.15) is 19.4 Å². The molecule has 0 spiro atoms. The van der Waals surface area contributed by atoms with Gasteiger partial charge in [-0.3, -0.25) is 0 Å². The molecule has 0 fully saturated rings. The van der Waals surface area contributed by atoms with Crippen molar-refractivity contribution in [3.8, 4) is 5.82 Å². The predicted molar refractivity (Wildman–Crippen MR) is 93.7 cm³/mol. The Morgan fingerprint density at radius 3 is 2.41 bits per heavy atom. The summed E-state index contributed by atoms with van der Waals surface area (Å²) in [6, 6.07) is 0.508. The first kappa shape index (κ1) is 21.1. The highest BCUT2D eigenvalue weighted by atomic mass is 32.2. The van der Waals surface area contributed by atoms with Gasteiger partial charge in [-0.25, -0.2) is 22.8 Å². The Morgan fingerprint density at radius 1 is 1.26 bits per heavy atom. The van der Waals surface area contributed by atoms with Crippen LogP contribution >= 0.6 is 0 Å². The highest BCUT2D eigenvalue weighted by Gasteiger charge is 2.33. The number of hydrogen-bond donors (Lipinski definition) is 2. The van der Waals surface area contributed by atoms with Gasteiger partial charge < -0.3 is 10.6 Å². The van der Waals surface area contributed by atoms with Crippen molar-refractivity contribution in [1.29, 1.82) is 0 Å². The SMILES string of the molecule is CC(NS(=O)(=O)c1cc(N)cnc1-n1cc(C(F)(F)F)cn1)C(C)N(C)C. The molecular formula is C15H21F3N6O2S. The zero-order chi connectivity index (χ0) is 20.6. The largest absolute Gasteiger partial charge is 0.419 e. The van der Waals surface area contributed by atoms with Crippen molar-refractivity contribution in [2.75, 3.05) is 19.8 Å². The lowest BCUT2D eigenvalue weighted by Crippen LogP contribution is -2.46. The van der Waals surface area contributed by atoms with Crippen LogP contribution in [0.3, 0.4) is 0 Å². The van der Waals surface area contributed by atoms with Gasteiger partial charge in [0.1, 0.15) is 4.90 Å². The fraction of sp³-hybridized carbons (Fsp3) is 0.467. The fourth-order valence-corrected chi connectivity index (χ4v) is 3.75. The van der Waals surface area contributed by atoms with Crippen molar-refractivity contribution in [3.05, 3.63) is 30.2 Å². The number of aromatic nitrogens is 3. The van der Waals surface area contributed by atoms with E-state index in [1.165, 1.54) is 0 Å². The first-order valence-corrected chi connectivity index (χ1v) is 9.37. The third kappa shape index (κ3) is 4.76. The van der Waals surface area contributed by atoms with Gasteiger partial charge in [0.2, 0.25) is 10.0 Å². The van der Waals surface area contributed by atoms with Gasteiger partial charge in [0.15, 0.2) is 5.82 Å². The number of anilines is 1. The Balaban J connectivity index is 2.48. The van der Waals surface area contributed by atoms with Gasteiger partial charge in [0.25, 0.3) is 0 Å². The average molecular weight is 406 g/mol. The molecule has 12 heteroatoms. The second-order valence-corrected chi connectivity index (χ2v) is 8.06. The van der Waals surface area contributed by atoms with Crippen LogP contribution in [0, 0.1) is 0 Å². The molecule has 8 nitrogen and oxygen atoms in total. The van der Waals surface area contributed by atoms with Gasteiger partial charge in [0.05, 0.1) is 23.6 Å². The molecule has 0 aromatic carbocycles. The van der Waals surface area contributed by atoms with Gasteiger partial charge in [0, 0.05) is 18.3 Å². The highest BCUT2D eigenvalue weighted by Crippen LogP contribution is 2.30. The number of rotatable bonds is 6. The van der Waals surface area contributed by atoms with Crippen LogP contribution < -0.4 is 10.5 Å². The maximum Gasteiger partial charge on any atom is 0.419 e. The van der Waals surface area contributed by atoms with E-state index in [4.69, 9.17) is 5.73 Å². The van der Waals surface area contributed by atoms with Crippen LogP contribution in [0.2, 0.25) is 0 Å². The first-order valence-electron chi connectivity index (χ1n) is 7.89. The normalized spacial score (nSPS) is 15.1. The Hall–Kier alpha value is -2.18. The average Bonchev–Trinajstić information content (AvgIpc) is 3.03. The minimum atomic E-state index is -4.61. The molecule has 2 rings (SSSR count). The molecule has 0 bridgehead atoms. The second-order valence-electron chi connectivity index (χ2n) is 6.38. The number of nitrogens with one attached hydrogen (secondary N) is 1. The van der Waals surface area contributed by atoms with E-state index < -0.39 is 27.8 Å². The van der Waals surface area contributed by atoms with E-state index >= 15 is 0 Å². The standard InChI is InChI=1S/C15H21F3N6O2S/c1-9(10(2)23(3)4)22-27(25,26)13-5-12(19)7-20-14(13)24-8-11(6-21-24)15(16,17)18/h5-10,22H,19H2,1-4H3. The van der Waals surface area contributed by atoms with Gasteiger partial charge >= 0.3 is 6.18 Å². The number of alkyl halides is 3. The summed E-state index contributed by atoms with van der Waals surface area (Å²) in [5.74, 6) is -0.281. The van der Waals surface area contributed by atoms with Crippen molar-refractivity contribution in [3.63, 3.8) is 0 Å². The molecule has 27 heavy (non-hydrogen) atoms. The van der Waals surface area contributed by atoms with E-state index in [2.05, 4.69) is 14.8 Å². The van der Waals surface area contributed by atoms with Gasteiger partial charge in [-0.05, 0) is 34.0 Å². The molecule has 2 unspecified atom stereocenters. The molecule has 0 radical (unpaired) electrons. The monoisotopic (exact) mass is 406 g/mol. The molecular weight excluding hydrogens is 385 g/mol. The first-order chi connectivity index (χ1) is 12.3. The molecule has 0 saturated heterocycles. The molecule has 2 aromatic heterocycles. The predicted octanol–water partition coefficient (Wildman–Crippen LogP) is 1.49. The van der Waals surface area contributed by atoms with Gasteiger partial charge in [-0.1, -0.05) is 0 Å². The maximum atomic E-state index is 12.8. The Kier molecular flexibility index (Phi) is 5.82. The zero-order valence-electron chi connectivity index (χ0n) is 15.2. The van der Waals surface area contributed by atoms with Crippen molar-refractivity contribution in [2.45, 2.75) is 37.0 Å². The Morgan fingerprint density at radius 2 is 1.89 bits per heavy atom. The molecule has 0 aliphatic carbocycles. The number of nitrogen functional groups attached to an aromatic ring is 1. The second kappa shape index (κ2) is 7.44. The number of halogens is 3. The number of likely N-dealkylation sites (N-methyl/N-ethyl adjacent to an activating group) is 1. The van der Waals surface area contributed by atoms with Crippen LogP contribution in [0.25, 0.3) is 5.82 Å². The van der Waals surface area contributed by atoms with Crippen molar-refractivity contribution >= 4 is 15.7 Å². The summed E-state index contributed by atoms with van der Waals surface area (Å²) < 4.78 is 67.4. The fourth-order valence-electron chi connectivity index (χ4n) is 2.26. The molecule has 2 heterocycles. The molecule has 0 amide bonds. The molecule has 3 N–H and O–H groups in total. The van der Waals surface area contributed by atoms with Crippen molar-refractivity contribution in [1.82, 2.24) is 24.4 Å². The van der Waals surface area contributed by atoms with Crippen LogP contribution in [0.4, 0.5) is 18.9 Å². The molecule has 0 aliphatic rings. The number of nitrogens with two attached hydrogens (primary N) is 1. The minimum Gasteiger partial charge on any atom is -0.397 e. The summed E-state index contributed by atoms with van der Waals surface area (Å²) in [5, 5.41) is 3.59. The summed E-state index contributed by atoms with van der Waals surface area (Å²) >= 11 is 0. The number of sulfonamides is 1. The third-order valence-electron chi connectivity index (χ3n) is 4.15. The quantitative estimate of drug-likeness (QED) is 0.753. The highest BCUT2D eigenvalue weighted by molar-refractivity contribution is 7.89. The Bertz CT molecular complexity index is 911. The lowest BCUT2D eigenvalue weighted by Gasteiger charge is -2.27. The van der Waals surface area contributed by atoms with Crippen LogP contribution in [0.15, 0.2) is 29.6 Å².